The molecule has 82 valence electrons. The van der Waals surface area contributed by atoms with Crippen LogP contribution in [0.2, 0.25) is 0 Å². The van der Waals surface area contributed by atoms with Gasteiger partial charge < -0.3 is 9.84 Å². The summed E-state index contributed by atoms with van der Waals surface area (Å²) < 4.78 is 4.86. The zero-order valence-electron chi connectivity index (χ0n) is 9.06. The Bertz CT molecular complexity index is 321. The van der Waals surface area contributed by atoms with Crippen molar-refractivity contribution in [2.75, 3.05) is 6.61 Å². The van der Waals surface area contributed by atoms with Gasteiger partial charge >= 0.3 is 5.97 Å². The van der Waals surface area contributed by atoms with Gasteiger partial charge in [0.05, 0.1) is 6.61 Å². The highest BCUT2D eigenvalue weighted by Crippen LogP contribution is 2.26. The average Bonchev–Trinajstić information content (AvgIpc) is 2.29. The Kier molecular flexibility index (Phi) is 3.86. The maximum atomic E-state index is 11.6. The molecule has 0 aromatic heterocycles. The van der Waals surface area contributed by atoms with Gasteiger partial charge in [0.15, 0.2) is 5.60 Å². The van der Waals surface area contributed by atoms with Crippen molar-refractivity contribution in [1.29, 1.82) is 0 Å². The molecule has 0 aliphatic rings. The summed E-state index contributed by atoms with van der Waals surface area (Å²) in [6.07, 6.45) is 0.301. The summed E-state index contributed by atoms with van der Waals surface area (Å²) in [5.74, 6) is -0.585. The van der Waals surface area contributed by atoms with Gasteiger partial charge in [-0.1, -0.05) is 37.3 Å². The Labute approximate surface area is 89.7 Å². The van der Waals surface area contributed by atoms with E-state index in [1.165, 1.54) is 0 Å². The molecule has 1 aromatic carbocycles. The van der Waals surface area contributed by atoms with Crippen LogP contribution in [0.25, 0.3) is 0 Å². The zero-order chi connectivity index (χ0) is 11.3. The van der Waals surface area contributed by atoms with E-state index in [1.54, 1.807) is 38.1 Å². The average molecular weight is 208 g/mol. The minimum Gasteiger partial charge on any atom is -0.464 e. The Morgan fingerprint density at radius 2 is 1.93 bits per heavy atom. The molecule has 15 heavy (non-hydrogen) atoms. The quantitative estimate of drug-likeness (QED) is 0.768. The molecule has 0 aliphatic heterocycles. The second-order valence-electron chi connectivity index (χ2n) is 3.30. The molecule has 1 atom stereocenters. The third kappa shape index (κ3) is 2.36. The highest BCUT2D eigenvalue weighted by atomic mass is 16.5. The Balaban J connectivity index is 3.00. The van der Waals surface area contributed by atoms with Crippen molar-refractivity contribution in [1.82, 2.24) is 0 Å². The highest BCUT2D eigenvalue weighted by Gasteiger charge is 2.37. The van der Waals surface area contributed by atoms with Crippen LogP contribution in [0.1, 0.15) is 25.8 Å². The number of benzene rings is 1. The van der Waals surface area contributed by atoms with Crippen LogP contribution in [0.3, 0.4) is 0 Å². The maximum Gasteiger partial charge on any atom is 0.342 e. The molecule has 3 nitrogen and oxygen atoms in total. The standard InChI is InChI=1S/C12H16O3/c1-3-12(14,11(13)15-4-2)10-8-6-5-7-9-10/h5-9,14H,3-4H2,1-2H3. The molecule has 1 N–H and O–H groups in total. The minimum atomic E-state index is -1.52. The topological polar surface area (TPSA) is 46.5 Å². The molecule has 1 aromatic rings. The van der Waals surface area contributed by atoms with Gasteiger partial charge in [0, 0.05) is 0 Å². The summed E-state index contributed by atoms with van der Waals surface area (Å²) in [5, 5.41) is 10.2. The molecule has 0 saturated heterocycles. The van der Waals surface area contributed by atoms with Gasteiger partial charge in [-0.15, -0.1) is 0 Å². The first kappa shape index (κ1) is 11.7. The summed E-state index contributed by atoms with van der Waals surface area (Å²) in [6, 6.07) is 8.86. The van der Waals surface area contributed by atoms with Crippen molar-refractivity contribution in [2.24, 2.45) is 0 Å². The van der Waals surface area contributed by atoms with Crippen LogP contribution in [-0.2, 0) is 15.1 Å². The number of aliphatic hydroxyl groups is 1. The Morgan fingerprint density at radius 1 is 1.33 bits per heavy atom. The minimum absolute atomic E-state index is 0.272. The summed E-state index contributed by atoms with van der Waals surface area (Å²) in [7, 11) is 0. The number of carbonyl (C=O) groups is 1. The molecule has 0 spiro atoms. The zero-order valence-corrected chi connectivity index (χ0v) is 9.06. The molecule has 0 aliphatic carbocycles. The first-order valence-electron chi connectivity index (χ1n) is 5.10. The van der Waals surface area contributed by atoms with E-state index in [0.29, 0.717) is 12.0 Å². The molecule has 1 rings (SSSR count). The lowest BCUT2D eigenvalue weighted by molar-refractivity contribution is -0.166. The predicted octanol–water partition coefficient (Wildman–Crippen LogP) is 1.85. The van der Waals surface area contributed by atoms with E-state index >= 15 is 0 Å². The molecule has 0 fully saturated rings. The predicted molar refractivity (Wildman–Crippen MR) is 57.3 cm³/mol. The fourth-order valence-electron chi connectivity index (χ4n) is 1.43. The normalized spacial score (nSPS) is 14.3. The van der Waals surface area contributed by atoms with Gasteiger partial charge in [0.1, 0.15) is 0 Å². The SMILES string of the molecule is CCOC(=O)C(O)(CC)c1ccccc1. The van der Waals surface area contributed by atoms with Gasteiger partial charge in [-0.25, -0.2) is 4.79 Å². The van der Waals surface area contributed by atoms with Crippen molar-refractivity contribution >= 4 is 5.97 Å². The van der Waals surface area contributed by atoms with Gasteiger partial charge in [-0.3, -0.25) is 0 Å². The lowest BCUT2D eigenvalue weighted by Gasteiger charge is -2.24. The number of ether oxygens (including phenoxy) is 1. The number of hydrogen-bond donors (Lipinski definition) is 1. The van der Waals surface area contributed by atoms with Gasteiger partial charge in [-0.2, -0.15) is 0 Å². The second-order valence-corrected chi connectivity index (χ2v) is 3.30. The Morgan fingerprint density at radius 3 is 2.40 bits per heavy atom. The molecule has 0 heterocycles. The Hall–Kier alpha value is -1.35. The van der Waals surface area contributed by atoms with Crippen LogP contribution in [0.5, 0.6) is 0 Å². The lowest BCUT2D eigenvalue weighted by Crippen LogP contribution is -2.36. The van der Waals surface area contributed by atoms with Crippen LogP contribution in [-0.4, -0.2) is 17.7 Å². The summed E-state index contributed by atoms with van der Waals surface area (Å²) in [5.41, 5.74) is -0.942. The van der Waals surface area contributed by atoms with Gasteiger partial charge in [0.2, 0.25) is 0 Å². The van der Waals surface area contributed by atoms with E-state index in [1.807, 2.05) is 6.07 Å². The maximum absolute atomic E-state index is 11.6. The van der Waals surface area contributed by atoms with E-state index in [9.17, 15) is 9.90 Å². The van der Waals surface area contributed by atoms with E-state index in [2.05, 4.69) is 0 Å². The number of hydrogen-bond acceptors (Lipinski definition) is 3. The van der Waals surface area contributed by atoms with Crippen molar-refractivity contribution < 1.29 is 14.6 Å². The second kappa shape index (κ2) is 4.94. The van der Waals surface area contributed by atoms with Crippen LogP contribution >= 0.6 is 0 Å². The van der Waals surface area contributed by atoms with Crippen LogP contribution in [0, 0.1) is 0 Å². The summed E-state index contributed by atoms with van der Waals surface area (Å²) in [4.78, 5) is 11.6. The molecule has 0 amide bonds. The summed E-state index contributed by atoms with van der Waals surface area (Å²) >= 11 is 0. The van der Waals surface area contributed by atoms with E-state index in [4.69, 9.17) is 4.74 Å². The first-order valence-corrected chi connectivity index (χ1v) is 5.10. The largest absolute Gasteiger partial charge is 0.464 e. The number of esters is 1. The fourth-order valence-corrected chi connectivity index (χ4v) is 1.43. The third-order valence-electron chi connectivity index (χ3n) is 2.38. The molecular formula is C12H16O3. The van der Waals surface area contributed by atoms with Crippen LogP contribution in [0.4, 0.5) is 0 Å². The third-order valence-corrected chi connectivity index (χ3v) is 2.38. The molecule has 1 unspecified atom stereocenters. The molecule has 0 saturated carbocycles. The van der Waals surface area contributed by atoms with Crippen LogP contribution in [0.15, 0.2) is 30.3 Å². The smallest absolute Gasteiger partial charge is 0.342 e. The number of rotatable bonds is 4. The monoisotopic (exact) mass is 208 g/mol. The van der Waals surface area contributed by atoms with Crippen molar-refractivity contribution in [3.8, 4) is 0 Å². The fraction of sp³-hybridized carbons (Fsp3) is 0.417. The molecule has 0 bridgehead atoms. The lowest BCUT2D eigenvalue weighted by atomic mass is 9.91. The van der Waals surface area contributed by atoms with E-state index in [-0.39, 0.29) is 6.61 Å². The highest BCUT2D eigenvalue weighted by molar-refractivity contribution is 5.80. The van der Waals surface area contributed by atoms with Crippen molar-refractivity contribution in [3.05, 3.63) is 35.9 Å². The van der Waals surface area contributed by atoms with Gasteiger partial charge in [-0.05, 0) is 18.9 Å². The molecular weight excluding hydrogens is 192 g/mol. The summed E-state index contributed by atoms with van der Waals surface area (Å²) in [6.45, 7) is 3.75. The first-order chi connectivity index (χ1) is 7.15. The van der Waals surface area contributed by atoms with Crippen molar-refractivity contribution in [3.63, 3.8) is 0 Å². The van der Waals surface area contributed by atoms with E-state index in [0.717, 1.165) is 0 Å². The van der Waals surface area contributed by atoms with Crippen LogP contribution < -0.4 is 0 Å². The molecule has 3 heteroatoms. The molecule has 0 radical (unpaired) electrons. The van der Waals surface area contributed by atoms with Gasteiger partial charge in [0.25, 0.3) is 0 Å². The number of carbonyl (C=O) groups excluding carboxylic acids is 1. The van der Waals surface area contributed by atoms with Crippen molar-refractivity contribution in [2.45, 2.75) is 25.9 Å². The van der Waals surface area contributed by atoms with E-state index < -0.39 is 11.6 Å².